The Kier molecular flexibility index (Phi) is 3.97. The van der Waals surface area contributed by atoms with E-state index in [1.54, 1.807) is 0 Å². The third-order valence-electron chi connectivity index (χ3n) is 3.77. The van der Waals surface area contributed by atoms with Crippen LogP contribution < -0.4 is 5.73 Å². The van der Waals surface area contributed by atoms with E-state index < -0.39 is 0 Å². The van der Waals surface area contributed by atoms with Crippen molar-refractivity contribution in [3.05, 3.63) is 59.7 Å². The molecule has 0 saturated heterocycles. The third-order valence-corrected chi connectivity index (χ3v) is 3.77. The zero-order valence-corrected chi connectivity index (χ0v) is 12.3. The van der Waals surface area contributed by atoms with Gasteiger partial charge in [0.1, 0.15) is 5.82 Å². The van der Waals surface area contributed by atoms with E-state index in [-0.39, 0.29) is 0 Å². The van der Waals surface area contributed by atoms with E-state index in [1.165, 1.54) is 5.52 Å². The van der Waals surface area contributed by atoms with E-state index in [1.807, 2.05) is 18.3 Å². The predicted octanol–water partition coefficient (Wildman–Crippen LogP) is 2.70. The molecule has 21 heavy (non-hydrogen) atoms. The number of rotatable bonds is 5. The van der Waals surface area contributed by atoms with Crippen LogP contribution in [0.25, 0.3) is 11.0 Å². The van der Waals surface area contributed by atoms with E-state index in [9.17, 15) is 0 Å². The molecule has 2 aromatic heterocycles. The average molecular weight is 280 g/mol. The SMILES string of the molecule is CCn1c(CCc2ccccn2)nc2cc(CN)ccc21. The number of nitrogens with two attached hydrogens (primary N) is 1. The van der Waals surface area contributed by atoms with Crippen molar-refractivity contribution < 1.29 is 0 Å². The summed E-state index contributed by atoms with van der Waals surface area (Å²) < 4.78 is 2.28. The maximum atomic E-state index is 5.71. The lowest BCUT2D eigenvalue weighted by molar-refractivity contribution is 0.703. The number of fused-ring (bicyclic) bond motifs is 1. The predicted molar refractivity (Wildman–Crippen MR) is 84.9 cm³/mol. The Labute approximate surface area is 124 Å². The van der Waals surface area contributed by atoms with Crippen LogP contribution in [0.1, 0.15) is 24.0 Å². The van der Waals surface area contributed by atoms with Crippen LogP contribution >= 0.6 is 0 Å². The van der Waals surface area contributed by atoms with Crippen LogP contribution in [0.2, 0.25) is 0 Å². The Bertz CT molecular complexity index is 731. The molecule has 108 valence electrons. The second-order valence-electron chi connectivity index (χ2n) is 5.12. The second-order valence-corrected chi connectivity index (χ2v) is 5.12. The van der Waals surface area contributed by atoms with Crippen molar-refractivity contribution >= 4 is 11.0 Å². The van der Waals surface area contributed by atoms with Gasteiger partial charge in [-0.1, -0.05) is 12.1 Å². The van der Waals surface area contributed by atoms with Crippen LogP contribution in [-0.2, 0) is 25.9 Å². The highest BCUT2D eigenvalue weighted by Crippen LogP contribution is 2.19. The number of pyridine rings is 1. The summed E-state index contributed by atoms with van der Waals surface area (Å²) in [6, 6.07) is 12.3. The van der Waals surface area contributed by atoms with E-state index in [0.717, 1.165) is 42.0 Å². The quantitative estimate of drug-likeness (QED) is 0.781. The number of hydrogen-bond acceptors (Lipinski definition) is 3. The van der Waals surface area contributed by atoms with Crippen LogP contribution in [0.15, 0.2) is 42.6 Å². The van der Waals surface area contributed by atoms with Gasteiger partial charge in [-0.3, -0.25) is 4.98 Å². The van der Waals surface area contributed by atoms with Gasteiger partial charge < -0.3 is 10.3 Å². The summed E-state index contributed by atoms with van der Waals surface area (Å²) >= 11 is 0. The minimum atomic E-state index is 0.554. The van der Waals surface area contributed by atoms with Crippen molar-refractivity contribution in [2.45, 2.75) is 32.9 Å². The number of benzene rings is 1. The van der Waals surface area contributed by atoms with E-state index in [2.05, 4.69) is 40.7 Å². The topological polar surface area (TPSA) is 56.7 Å². The molecule has 2 N–H and O–H groups in total. The molecule has 0 aliphatic carbocycles. The van der Waals surface area contributed by atoms with Gasteiger partial charge in [0.2, 0.25) is 0 Å². The summed E-state index contributed by atoms with van der Waals surface area (Å²) in [6.45, 7) is 3.64. The molecule has 3 rings (SSSR count). The number of hydrogen-bond donors (Lipinski definition) is 1. The fourth-order valence-corrected chi connectivity index (χ4v) is 2.68. The fraction of sp³-hybridized carbons (Fsp3) is 0.294. The summed E-state index contributed by atoms with van der Waals surface area (Å²) in [5, 5.41) is 0. The van der Waals surface area contributed by atoms with Gasteiger partial charge in [-0.05, 0) is 43.2 Å². The van der Waals surface area contributed by atoms with Gasteiger partial charge in [0.05, 0.1) is 11.0 Å². The van der Waals surface area contributed by atoms with Gasteiger partial charge in [0.15, 0.2) is 0 Å². The van der Waals surface area contributed by atoms with E-state index >= 15 is 0 Å². The molecule has 0 amide bonds. The van der Waals surface area contributed by atoms with Crippen LogP contribution in [0.5, 0.6) is 0 Å². The van der Waals surface area contributed by atoms with Gasteiger partial charge in [-0.25, -0.2) is 4.98 Å². The highest BCUT2D eigenvalue weighted by Gasteiger charge is 2.10. The standard InChI is InChI=1S/C17H20N4/c1-2-21-16-8-6-13(12-18)11-15(16)20-17(21)9-7-14-5-3-4-10-19-14/h3-6,8,10-11H,2,7,9,12,18H2,1H3. The van der Waals surface area contributed by atoms with Gasteiger partial charge in [-0.15, -0.1) is 0 Å². The molecule has 4 nitrogen and oxygen atoms in total. The van der Waals surface area contributed by atoms with Crippen molar-refractivity contribution in [3.63, 3.8) is 0 Å². The molecular formula is C17H20N4. The number of aromatic nitrogens is 3. The first-order valence-electron chi connectivity index (χ1n) is 7.40. The first kappa shape index (κ1) is 13.8. The van der Waals surface area contributed by atoms with E-state index in [0.29, 0.717) is 6.54 Å². The number of aryl methyl sites for hydroxylation is 3. The maximum absolute atomic E-state index is 5.71. The molecule has 0 bridgehead atoms. The molecule has 1 aromatic carbocycles. The minimum absolute atomic E-state index is 0.554. The lowest BCUT2D eigenvalue weighted by Crippen LogP contribution is -2.04. The lowest BCUT2D eigenvalue weighted by atomic mass is 10.2. The number of nitrogens with zero attached hydrogens (tertiary/aromatic N) is 3. The highest BCUT2D eigenvalue weighted by atomic mass is 15.1. The molecule has 0 atom stereocenters. The molecule has 0 spiro atoms. The van der Waals surface area contributed by atoms with Crippen molar-refractivity contribution in [1.82, 2.24) is 14.5 Å². The smallest absolute Gasteiger partial charge is 0.110 e. The third kappa shape index (κ3) is 2.81. The number of imidazole rings is 1. The maximum Gasteiger partial charge on any atom is 0.110 e. The van der Waals surface area contributed by atoms with Crippen molar-refractivity contribution in [2.24, 2.45) is 5.73 Å². The normalized spacial score (nSPS) is 11.1. The Hall–Kier alpha value is -2.20. The van der Waals surface area contributed by atoms with Crippen LogP contribution in [0.4, 0.5) is 0 Å². The van der Waals surface area contributed by atoms with Gasteiger partial charge >= 0.3 is 0 Å². The molecule has 0 aliphatic rings. The zero-order valence-electron chi connectivity index (χ0n) is 12.3. The van der Waals surface area contributed by atoms with Crippen LogP contribution in [-0.4, -0.2) is 14.5 Å². The molecule has 3 aromatic rings. The van der Waals surface area contributed by atoms with Crippen molar-refractivity contribution in [1.29, 1.82) is 0 Å². The Morgan fingerprint density at radius 2 is 2.05 bits per heavy atom. The van der Waals surface area contributed by atoms with Gasteiger partial charge in [-0.2, -0.15) is 0 Å². The molecule has 0 saturated carbocycles. The highest BCUT2D eigenvalue weighted by molar-refractivity contribution is 5.77. The van der Waals surface area contributed by atoms with Gasteiger partial charge in [0, 0.05) is 31.4 Å². The lowest BCUT2D eigenvalue weighted by Gasteiger charge is -2.06. The largest absolute Gasteiger partial charge is 0.328 e. The molecule has 4 heteroatoms. The second kappa shape index (κ2) is 6.06. The molecule has 2 heterocycles. The summed E-state index contributed by atoms with van der Waals surface area (Å²) in [6.07, 6.45) is 3.65. The van der Waals surface area contributed by atoms with Crippen molar-refractivity contribution in [3.8, 4) is 0 Å². The molecule has 0 aliphatic heterocycles. The Balaban J connectivity index is 1.90. The Morgan fingerprint density at radius 1 is 1.14 bits per heavy atom. The molecule has 0 fully saturated rings. The zero-order chi connectivity index (χ0) is 14.7. The monoisotopic (exact) mass is 280 g/mol. The summed E-state index contributed by atoms with van der Waals surface area (Å²) in [7, 11) is 0. The molecular weight excluding hydrogens is 260 g/mol. The summed E-state index contributed by atoms with van der Waals surface area (Å²) in [5.41, 5.74) is 10.2. The fourth-order valence-electron chi connectivity index (χ4n) is 2.68. The van der Waals surface area contributed by atoms with E-state index in [4.69, 9.17) is 10.7 Å². The average Bonchev–Trinajstić information content (AvgIpc) is 2.90. The summed E-state index contributed by atoms with van der Waals surface area (Å²) in [4.78, 5) is 9.16. The summed E-state index contributed by atoms with van der Waals surface area (Å²) in [5.74, 6) is 1.12. The van der Waals surface area contributed by atoms with Crippen LogP contribution in [0.3, 0.4) is 0 Å². The first-order chi connectivity index (χ1) is 10.3. The van der Waals surface area contributed by atoms with Crippen molar-refractivity contribution in [2.75, 3.05) is 0 Å². The molecule has 0 radical (unpaired) electrons. The Morgan fingerprint density at radius 3 is 2.76 bits per heavy atom. The van der Waals surface area contributed by atoms with Crippen LogP contribution in [0, 0.1) is 0 Å². The minimum Gasteiger partial charge on any atom is -0.328 e. The first-order valence-corrected chi connectivity index (χ1v) is 7.40. The van der Waals surface area contributed by atoms with Gasteiger partial charge in [0.25, 0.3) is 0 Å². The molecule has 0 unspecified atom stereocenters.